The van der Waals surface area contributed by atoms with E-state index in [9.17, 15) is 0 Å². The van der Waals surface area contributed by atoms with E-state index < -0.39 is 0 Å². The maximum absolute atomic E-state index is 3.66. The van der Waals surface area contributed by atoms with Crippen molar-refractivity contribution in [3.05, 3.63) is 35.4 Å². The van der Waals surface area contributed by atoms with Gasteiger partial charge in [-0.1, -0.05) is 29.8 Å². The van der Waals surface area contributed by atoms with Crippen LogP contribution in [-0.2, 0) is 6.54 Å². The van der Waals surface area contributed by atoms with Crippen LogP contribution in [0.3, 0.4) is 0 Å². The van der Waals surface area contributed by atoms with E-state index in [4.69, 9.17) is 0 Å². The van der Waals surface area contributed by atoms with Gasteiger partial charge in [0, 0.05) is 25.7 Å². The lowest BCUT2D eigenvalue weighted by atomic mass is 9.94. The van der Waals surface area contributed by atoms with Crippen molar-refractivity contribution in [2.24, 2.45) is 5.92 Å². The van der Waals surface area contributed by atoms with Crippen LogP contribution < -0.4 is 5.32 Å². The second-order valence-electron chi connectivity index (χ2n) is 5.64. The maximum Gasteiger partial charge on any atom is 0.0235 e. The third-order valence-electron chi connectivity index (χ3n) is 4.20. The second kappa shape index (κ2) is 4.79. The van der Waals surface area contributed by atoms with Crippen LogP contribution in [0.5, 0.6) is 0 Å². The van der Waals surface area contributed by atoms with Crippen LogP contribution in [0.2, 0.25) is 0 Å². The molecule has 1 aromatic rings. The molecule has 0 amide bonds. The van der Waals surface area contributed by atoms with Gasteiger partial charge in [-0.2, -0.15) is 0 Å². The van der Waals surface area contributed by atoms with Crippen molar-refractivity contribution in [3.63, 3.8) is 0 Å². The highest BCUT2D eigenvalue weighted by Crippen LogP contribution is 2.25. The number of benzene rings is 1. The molecule has 2 heteroatoms. The van der Waals surface area contributed by atoms with Gasteiger partial charge in [0.15, 0.2) is 0 Å². The summed E-state index contributed by atoms with van der Waals surface area (Å²) in [6, 6.07) is 9.73. The highest BCUT2D eigenvalue weighted by atomic mass is 15.2. The van der Waals surface area contributed by atoms with Gasteiger partial charge in [-0.15, -0.1) is 0 Å². The first-order valence-electron chi connectivity index (χ1n) is 6.82. The molecule has 0 aromatic heterocycles. The predicted molar refractivity (Wildman–Crippen MR) is 71.0 cm³/mol. The van der Waals surface area contributed by atoms with Crippen molar-refractivity contribution in [1.82, 2.24) is 10.2 Å². The quantitative estimate of drug-likeness (QED) is 0.837. The van der Waals surface area contributed by atoms with E-state index in [1.807, 2.05) is 0 Å². The summed E-state index contributed by atoms with van der Waals surface area (Å²) in [5, 5.41) is 3.66. The number of hydrogen-bond donors (Lipinski definition) is 1. The fraction of sp³-hybridized carbons (Fsp3) is 0.600. The molecule has 0 spiro atoms. The fourth-order valence-corrected chi connectivity index (χ4v) is 3.22. The number of nitrogens with one attached hydrogen (secondary N) is 1. The SMILES string of the molecule is Cc1ccc(CN2CC3CCCNC3C2)cc1. The normalized spacial score (nSPS) is 29.2. The topological polar surface area (TPSA) is 15.3 Å². The van der Waals surface area contributed by atoms with E-state index in [2.05, 4.69) is 41.4 Å². The lowest BCUT2D eigenvalue weighted by Gasteiger charge is -2.24. The van der Waals surface area contributed by atoms with Crippen LogP contribution >= 0.6 is 0 Å². The number of hydrogen-bond acceptors (Lipinski definition) is 2. The zero-order valence-corrected chi connectivity index (χ0v) is 10.7. The average molecular weight is 230 g/mol. The van der Waals surface area contributed by atoms with Crippen molar-refractivity contribution in [2.75, 3.05) is 19.6 Å². The lowest BCUT2D eigenvalue weighted by molar-refractivity contribution is 0.312. The van der Waals surface area contributed by atoms with Crippen LogP contribution in [0, 0.1) is 12.8 Å². The summed E-state index contributed by atoms with van der Waals surface area (Å²) >= 11 is 0. The van der Waals surface area contributed by atoms with E-state index in [1.165, 1.54) is 43.6 Å². The minimum atomic E-state index is 0.759. The van der Waals surface area contributed by atoms with E-state index in [1.54, 1.807) is 0 Å². The largest absolute Gasteiger partial charge is 0.312 e. The van der Waals surface area contributed by atoms with E-state index in [0.29, 0.717) is 0 Å². The molecule has 2 aliphatic rings. The number of aryl methyl sites for hydroxylation is 1. The van der Waals surface area contributed by atoms with Crippen molar-refractivity contribution < 1.29 is 0 Å². The zero-order valence-electron chi connectivity index (χ0n) is 10.7. The van der Waals surface area contributed by atoms with Gasteiger partial charge in [-0.3, -0.25) is 4.90 Å². The Labute approximate surface area is 104 Å². The van der Waals surface area contributed by atoms with E-state index in [0.717, 1.165) is 18.5 Å². The van der Waals surface area contributed by atoms with Gasteiger partial charge in [0.2, 0.25) is 0 Å². The highest BCUT2D eigenvalue weighted by molar-refractivity contribution is 5.21. The predicted octanol–water partition coefficient (Wildman–Crippen LogP) is 2.18. The summed E-state index contributed by atoms with van der Waals surface area (Å²) in [7, 11) is 0. The van der Waals surface area contributed by atoms with Gasteiger partial charge in [-0.05, 0) is 37.8 Å². The first-order chi connectivity index (χ1) is 8.31. The monoisotopic (exact) mass is 230 g/mol. The van der Waals surface area contributed by atoms with Gasteiger partial charge in [0.1, 0.15) is 0 Å². The van der Waals surface area contributed by atoms with Gasteiger partial charge in [-0.25, -0.2) is 0 Å². The van der Waals surface area contributed by atoms with Gasteiger partial charge >= 0.3 is 0 Å². The van der Waals surface area contributed by atoms with E-state index >= 15 is 0 Å². The molecular weight excluding hydrogens is 208 g/mol. The van der Waals surface area contributed by atoms with E-state index in [-0.39, 0.29) is 0 Å². The van der Waals surface area contributed by atoms with Crippen LogP contribution in [-0.4, -0.2) is 30.6 Å². The first-order valence-corrected chi connectivity index (χ1v) is 6.82. The Balaban J connectivity index is 1.61. The number of piperidine rings is 1. The molecule has 92 valence electrons. The molecule has 0 radical (unpaired) electrons. The molecule has 0 aliphatic carbocycles. The Kier molecular flexibility index (Phi) is 3.17. The maximum atomic E-state index is 3.66. The number of nitrogens with zero attached hydrogens (tertiary/aromatic N) is 1. The zero-order chi connectivity index (χ0) is 11.7. The third kappa shape index (κ3) is 2.53. The molecule has 3 rings (SSSR count). The van der Waals surface area contributed by atoms with Crippen LogP contribution in [0.4, 0.5) is 0 Å². The first kappa shape index (κ1) is 11.2. The standard InChI is InChI=1S/C15H22N2/c1-12-4-6-13(7-5-12)9-17-10-14-3-2-8-16-15(14)11-17/h4-7,14-16H,2-3,8-11H2,1H3. The van der Waals surface area contributed by atoms with Crippen molar-refractivity contribution >= 4 is 0 Å². The Bertz CT molecular complexity index is 357. The van der Waals surface area contributed by atoms with Gasteiger partial charge < -0.3 is 5.32 Å². The molecule has 2 aliphatic heterocycles. The second-order valence-corrected chi connectivity index (χ2v) is 5.64. The number of fused-ring (bicyclic) bond motifs is 1. The Morgan fingerprint density at radius 2 is 2.06 bits per heavy atom. The molecule has 2 saturated heterocycles. The molecule has 2 nitrogen and oxygen atoms in total. The number of likely N-dealkylation sites (tertiary alicyclic amines) is 1. The van der Waals surface area contributed by atoms with Crippen LogP contribution in [0.15, 0.2) is 24.3 Å². The van der Waals surface area contributed by atoms with Gasteiger partial charge in [0.25, 0.3) is 0 Å². The molecule has 1 aromatic carbocycles. The summed E-state index contributed by atoms with van der Waals surface area (Å²) in [6.45, 7) is 7.01. The Morgan fingerprint density at radius 1 is 1.24 bits per heavy atom. The molecule has 2 fully saturated rings. The van der Waals surface area contributed by atoms with Crippen molar-refractivity contribution in [1.29, 1.82) is 0 Å². The third-order valence-corrected chi connectivity index (χ3v) is 4.20. The molecular formula is C15H22N2. The molecule has 2 heterocycles. The van der Waals surface area contributed by atoms with Gasteiger partial charge in [0.05, 0.1) is 0 Å². The lowest BCUT2D eigenvalue weighted by Crippen LogP contribution is -2.40. The number of rotatable bonds is 2. The smallest absolute Gasteiger partial charge is 0.0235 e. The Hall–Kier alpha value is -0.860. The molecule has 17 heavy (non-hydrogen) atoms. The minimum absolute atomic E-state index is 0.759. The summed E-state index contributed by atoms with van der Waals surface area (Å²) in [4.78, 5) is 2.61. The fourth-order valence-electron chi connectivity index (χ4n) is 3.22. The van der Waals surface area contributed by atoms with Crippen molar-refractivity contribution in [3.8, 4) is 0 Å². The van der Waals surface area contributed by atoms with Crippen LogP contribution in [0.25, 0.3) is 0 Å². The molecule has 0 bridgehead atoms. The minimum Gasteiger partial charge on any atom is -0.312 e. The highest BCUT2D eigenvalue weighted by Gasteiger charge is 2.33. The molecule has 2 atom stereocenters. The molecule has 0 saturated carbocycles. The molecule has 2 unspecified atom stereocenters. The summed E-state index contributed by atoms with van der Waals surface area (Å²) in [5.74, 6) is 0.897. The average Bonchev–Trinajstić information content (AvgIpc) is 2.74. The molecule has 1 N–H and O–H groups in total. The Morgan fingerprint density at radius 3 is 2.82 bits per heavy atom. The van der Waals surface area contributed by atoms with Crippen molar-refractivity contribution in [2.45, 2.75) is 32.4 Å². The summed E-state index contributed by atoms with van der Waals surface area (Å²) < 4.78 is 0. The van der Waals surface area contributed by atoms with Crippen LogP contribution in [0.1, 0.15) is 24.0 Å². The summed E-state index contributed by atoms with van der Waals surface area (Å²) in [5.41, 5.74) is 2.81. The summed E-state index contributed by atoms with van der Waals surface area (Å²) in [6.07, 6.45) is 2.78.